The summed E-state index contributed by atoms with van der Waals surface area (Å²) in [5, 5.41) is 14.5. The van der Waals surface area contributed by atoms with Crippen LogP contribution >= 0.6 is 0 Å². The Bertz CT molecular complexity index is 678. The van der Waals surface area contributed by atoms with Crippen molar-refractivity contribution in [3.63, 3.8) is 0 Å². The van der Waals surface area contributed by atoms with E-state index in [1.54, 1.807) is 18.0 Å². The maximum atomic E-state index is 12.6. The van der Waals surface area contributed by atoms with Crippen LogP contribution in [-0.2, 0) is 6.42 Å². The van der Waals surface area contributed by atoms with E-state index in [0.717, 1.165) is 12.0 Å². The average molecular weight is 304 g/mol. The van der Waals surface area contributed by atoms with Crippen molar-refractivity contribution < 1.29 is 14.4 Å². The van der Waals surface area contributed by atoms with Gasteiger partial charge in [-0.05, 0) is 38.3 Å². The molecule has 0 radical (unpaired) electrons. The van der Waals surface area contributed by atoms with E-state index in [-0.39, 0.29) is 18.9 Å². The normalized spacial score (nSPS) is 22.0. The monoisotopic (exact) mass is 304 g/mol. The SMILES string of the molecule is Cc1noc(CC2(O)CCCN(C(=O)c3[nH]ccc3C)C2)n1. The third-order valence-corrected chi connectivity index (χ3v) is 4.06. The second-order valence-electron chi connectivity index (χ2n) is 6.00. The van der Waals surface area contributed by atoms with Crippen LogP contribution in [0.15, 0.2) is 16.8 Å². The number of hydrogen-bond acceptors (Lipinski definition) is 5. The number of carbonyl (C=O) groups is 1. The second-order valence-corrected chi connectivity index (χ2v) is 6.00. The molecular formula is C15H20N4O3. The molecule has 0 spiro atoms. The molecule has 2 aromatic rings. The van der Waals surface area contributed by atoms with Crippen LogP contribution in [-0.4, -0.2) is 49.7 Å². The van der Waals surface area contributed by atoms with Gasteiger partial charge < -0.3 is 19.5 Å². The number of nitrogens with zero attached hydrogens (tertiary/aromatic N) is 3. The Morgan fingerprint density at radius 1 is 1.55 bits per heavy atom. The van der Waals surface area contributed by atoms with Crippen molar-refractivity contribution in [2.75, 3.05) is 13.1 Å². The van der Waals surface area contributed by atoms with Crippen LogP contribution < -0.4 is 0 Å². The lowest BCUT2D eigenvalue weighted by molar-refractivity contribution is -0.0288. The number of amides is 1. The summed E-state index contributed by atoms with van der Waals surface area (Å²) in [6.45, 7) is 4.54. The predicted octanol–water partition coefficient (Wildman–Crippen LogP) is 1.22. The van der Waals surface area contributed by atoms with E-state index >= 15 is 0 Å². The van der Waals surface area contributed by atoms with Gasteiger partial charge in [0, 0.05) is 12.7 Å². The highest BCUT2D eigenvalue weighted by atomic mass is 16.5. The summed E-state index contributed by atoms with van der Waals surface area (Å²) in [6.07, 6.45) is 3.37. The Hall–Kier alpha value is -2.15. The van der Waals surface area contributed by atoms with E-state index in [2.05, 4.69) is 15.1 Å². The van der Waals surface area contributed by atoms with Crippen molar-refractivity contribution >= 4 is 5.91 Å². The third kappa shape index (κ3) is 2.89. The molecule has 1 aliphatic heterocycles. The molecule has 2 N–H and O–H groups in total. The van der Waals surface area contributed by atoms with Gasteiger partial charge in [-0.2, -0.15) is 4.98 Å². The third-order valence-electron chi connectivity index (χ3n) is 4.06. The van der Waals surface area contributed by atoms with Gasteiger partial charge in [0.1, 0.15) is 5.69 Å². The molecule has 2 aromatic heterocycles. The quantitative estimate of drug-likeness (QED) is 0.889. The lowest BCUT2D eigenvalue weighted by atomic mass is 9.89. The van der Waals surface area contributed by atoms with Crippen molar-refractivity contribution in [1.82, 2.24) is 20.0 Å². The highest BCUT2D eigenvalue weighted by molar-refractivity contribution is 5.94. The van der Waals surface area contributed by atoms with Gasteiger partial charge in [-0.3, -0.25) is 4.79 Å². The largest absolute Gasteiger partial charge is 0.388 e. The van der Waals surface area contributed by atoms with Crippen LogP contribution in [0.5, 0.6) is 0 Å². The number of aliphatic hydroxyl groups is 1. The molecule has 0 aromatic carbocycles. The van der Waals surface area contributed by atoms with Gasteiger partial charge >= 0.3 is 0 Å². The van der Waals surface area contributed by atoms with Crippen molar-refractivity contribution in [1.29, 1.82) is 0 Å². The summed E-state index contributed by atoms with van der Waals surface area (Å²) in [6, 6.07) is 1.87. The van der Waals surface area contributed by atoms with E-state index in [0.29, 0.717) is 30.4 Å². The summed E-state index contributed by atoms with van der Waals surface area (Å²) in [5.74, 6) is 0.872. The highest BCUT2D eigenvalue weighted by Crippen LogP contribution is 2.26. The van der Waals surface area contributed by atoms with Crippen molar-refractivity contribution in [3.8, 4) is 0 Å². The molecule has 3 heterocycles. The first-order chi connectivity index (χ1) is 10.5. The molecule has 1 unspecified atom stereocenters. The van der Waals surface area contributed by atoms with E-state index in [1.165, 1.54) is 0 Å². The molecule has 0 aliphatic carbocycles. The first kappa shape index (κ1) is 14.8. The summed E-state index contributed by atoms with van der Waals surface area (Å²) < 4.78 is 5.09. The van der Waals surface area contributed by atoms with Crippen molar-refractivity contribution in [2.45, 2.75) is 38.7 Å². The Kier molecular flexibility index (Phi) is 3.74. The molecule has 1 amide bonds. The maximum absolute atomic E-state index is 12.6. The van der Waals surface area contributed by atoms with E-state index < -0.39 is 5.60 Å². The molecule has 7 heteroatoms. The first-order valence-corrected chi connectivity index (χ1v) is 7.42. The molecule has 3 rings (SSSR count). The first-order valence-electron chi connectivity index (χ1n) is 7.42. The zero-order valence-corrected chi connectivity index (χ0v) is 12.8. The van der Waals surface area contributed by atoms with Crippen LogP contribution in [0.4, 0.5) is 0 Å². The van der Waals surface area contributed by atoms with Gasteiger partial charge in [-0.1, -0.05) is 5.16 Å². The molecular weight excluding hydrogens is 284 g/mol. The number of β-amino-alcohol motifs (C(OH)–C–C–N with tert-alkyl or cyclic N) is 1. The maximum Gasteiger partial charge on any atom is 0.270 e. The number of nitrogens with one attached hydrogen (secondary N) is 1. The molecule has 118 valence electrons. The van der Waals surface area contributed by atoms with Crippen molar-refractivity contribution in [2.24, 2.45) is 0 Å². The standard InChI is InChI=1S/C15H20N4O3/c1-10-4-6-16-13(10)14(20)19-7-3-5-15(21,9-19)8-12-17-11(2)18-22-12/h4,6,16,21H,3,5,7-9H2,1-2H3. The minimum Gasteiger partial charge on any atom is -0.388 e. The van der Waals surface area contributed by atoms with Gasteiger partial charge in [0.25, 0.3) is 5.91 Å². The van der Waals surface area contributed by atoms with Crippen LogP contribution in [0, 0.1) is 13.8 Å². The van der Waals surface area contributed by atoms with Gasteiger partial charge in [0.2, 0.25) is 5.89 Å². The molecule has 7 nitrogen and oxygen atoms in total. The summed E-state index contributed by atoms with van der Waals surface area (Å²) in [7, 11) is 0. The number of piperidine rings is 1. The summed E-state index contributed by atoms with van der Waals surface area (Å²) >= 11 is 0. The number of likely N-dealkylation sites (tertiary alicyclic amines) is 1. The van der Waals surface area contributed by atoms with Crippen LogP contribution in [0.1, 0.15) is 40.6 Å². The van der Waals surface area contributed by atoms with Crippen LogP contribution in [0.2, 0.25) is 0 Å². The van der Waals surface area contributed by atoms with Gasteiger partial charge in [-0.15, -0.1) is 0 Å². The van der Waals surface area contributed by atoms with Crippen molar-refractivity contribution in [3.05, 3.63) is 35.2 Å². The Morgan fingerprint density at radius 3 is 3.00 bits per heavy atom. The lowest BCUT2D eigenvalue weighted by Crippen LogP contribution is -2.51. The van der Waals surface area contributed by atoms with Crippen LogP contribution in [0.25, 0.3) is 0 Å². The number of H-pyrrole nitrogens is 1. The van der Waals surface area contributed by atoms with Gasteiger partial charge in [0.05, 0.1) is 18.6 Å². The number of aromatic amines is 1. The fraction of sp³-hybridized carbons (Fsp3) is 0.533. The molecule has 1 fully saturated rings. The van der Waals surface area contributed by atoms with Crippen LogP contribution in [0.3, 0.4) is 0 Å². The molecule has 1 saturated heterocycles. The van der Waals surface area contributed by atoms with Gasteiger partial charge in [0.15, 0.2) is 5.82 Å². The predicted molar refractivity (Wildman–Crippen MR) is 78.4 cm³/mol. The zero-order chi connectivity index (χ0) is 15.7. The number of hydrogen-bond donors (Lipinski definition) is 2. The summed E-state index contributed by atoms with van der Waals surface area (Å²) in [4.78, 5) is 21.3. The number of carbonyl (C=O) groups excluding carboxylic acids is 1. The number of aryl methyl sites for hydroxylation is 2. The fourth-order valence-electron chi connectivity index (χ4n) is 2.96. The molecule has 22 heavy (non-hydrogen) atoms. The Labute approximate surface area is 128 Å². The topological polar surface area (TPSA) is 95.3 Å². The van der Waals surface area contributed by atoms with E-state index in [4.69, 9.17) is 4.52 Å². The lowest BCUT2D eigenvalue weighted by Gasteiger charge is -2.38. The van der Waals surface area contributed by atoms with Gasteiger partial charge in [-0.25, -0.2) is 0 Å². The fourth-order valence-corrected chi connectivity index (χ4v) is 2.96. The Balaban J connectivity index is 1.73. The van der Waals surface area contributed by atoms with E-state index in [1.807, 2.05) is 13.0 Å². The number of rotatable bonds is 3. The second kappa shape index (κ2) is 5.57. The zero-order valence-electron chi connectivity index (χ0n) is 12.8. The molecule has 1 atom stereocenters. The highest BCUT2D eigenvalue weighted by Gasteiger charge is 2.37. The van der Waals surface area contributed by atoms with E-state index in [9.17, 15) is 9.90 Å². The molecule has 0 bridgehead atoms. The summed E-state index contributed by atoms with van der Waals surface area (Å²) in [5.41, 5.74) is 0.470. The Morgan fingerprint density at radius 2 is 2.36 bits per heavy atom. The molecule has 0 saturated carbocycles. The minimum absolute atomic E-state index is 0.0812. The minimum atomic E-state index is -1.02. The smallest absolute Gasteiger partial charge is 0.270 e. The average Bonchev–Trinajstić information content (AvgIpc) is 3.06. The molecule has 1 aliphatic rings. The number of aromatic nitrogens is 3.